The number of hydrogen-bond donors (Lipinski definition) is 1. The molecular formula is C15H10ClN5O5S. The number of non-ortho nitro benzene ring substituents is 1. The number of nitro groups is 2. The highest BCUT2D eigenvalue weighted by Crippen LogP contribution is 2.27. The van der Waals surface area contributed by atoms with E-state index in [0.29, 0.717) is 4.88 Å². The van der Waals surface area contributed by atoms with Gasteiger partial charge in [-0.3, -0.25) is 14.9 Å². The minimum atomic E-state index is -0.586. The van der Waals surface area contributed by atoms with E-state index < -0.39 is 15.8 Å². The number of benzene rings is 1. The van der Waals surface area contributed by atoms with Gasteiger partial charge in [0.1, 0.15) is 0 Å². The zero-order valence-electron chi connectivity index (χ0n) is 13.4. The highest BCUT2D eigenvalue weighted by atomic mass is 35.5. The molecule has 0 aliphatic carbocycles. The summed E-state index contributed by atoms with van der Waals surface area (Å²) in [6, 6.07) is 6.67. The van der Waals surface area contributed by atoms with Crippen molar-refractivity contribution < 1.29 is 14.6 Å². The summed E-state index contributed by atoms with van der Waals surface area (Å²) in [5.74, 6) is -0.676. The van der Waals surface area contributed by atoms with Crippen molar-refractivity contribution >= 4 is 46.0 Å². The zero-order valence-corrected chi connectivity index (χ0v) is 14.9. The van der Waals surface area contributed by atoms with Gasteiger partial charge in [0.05, 0.1) is 44.4 Å². The van der Waals surface area contributed by atoms with E-state index in [9.17, 15) is 25.0 Å². The van der Waals surface area contributed by atoms with Crippen molar-refractivity contribution in [3.05, 3.63) is 77.6 Å². The van der Waals surface area contributed by atoms with Gasteiger partial charge in [0.2, 0.25) is 0 Å². The minimum absolute atomic E-state index is 0.0539. The van der Waals surface area contributed by atoms with Crippen molar-refractivity contribution in [1.82, 2.24) is 9.78 Å². The van der Waals surface area contributed by atoms with Gasteiger partial charge in [-0.1, -0.05) is 11.6 Å². The topological polar surface area (TPSA) is 133 Å². The molecule has 0 radical (unpaired) electrons. The summed E-state index contributed by atoms with van der Waals surface area (Å²) in [6.45, 7) is 0.274. The molecule has 0 saturated heterocycles. The molecule has 0 atom stereocenters. The summed E-state index contributed by atoms with van der Waals surface area (Å²) in [6.07, 6.45) is 1.48. The van der Waals surface area contributed by atoms with Crippen LogP contribution >= 0.6 is 22.9 Å². The van der Waals surface area contributed by atoms with Crippen LogP contribution in [0.1, 0.15) is 15.2 Å². The maximum atomic E-state index is 12.3. The lowest BCUT2D eigenvalue weighted by atomic mass is 10.2. The molecule has 0 spiro atoms. The van der Waals surface area contributed by atoms with Crippen LogP contribution in [0.15, 0.2) is 41.9 Å². The number of carbonyl (C=O) groups excluding carboxylic acids is 1. The molecule has 1 amide bonds. The number of thiophene rings is 1. The number of anilines is 1. The van der Waals surface area contributed by atoms with Gasteiger partial charge in [0.15, 0.2) is 0 Å². The quantitative estimate of drug-likeness (QED) is 0.489. The number of nitrogens with one attached hydrogen (secondary N) is 1. The predicted octanol–water partition coefficient (Wildman–Crippen LogP) is 3.72. The molecule has 0 unspecified atom stereocenters. The first-order valence-corrected chi connectivity index (χ1v) is 8.60. The number of nitrogens with zero attached hydrogens (tertiary/aromatic N) is 4. The van der Waals surface area contributed by atoms with E-state index in [1.165, 1.54) is 40.4 Å². The Labute approximate surface area is 160 Å². The van der Waals surface area contributed by atoms with Crippen LogP contribution in [0, 0.1) is 20.2 Å². The maximum absolute atomic E-state index is 12.3. The molecule has 2 aromatic heterocycles. The Morgan fingerprint density at radius 2 is 2.00 bits per heavy atom. The molecule has 0 aliphatic heterocycles. The van der Waals surface area contributed by atoms with E-state index in [4.69, 9.17) is 11.6 Å². The van der Waals surface area contributed by atoms with Crippen molar-refractivity contribution in [3.8, 4) is 0 Å². The molecule has 2 heterocycles. The van der Waals surface area contributed by atoms with Crippen LogP contribution in [0.2, 0.25) is 5.02 Å². The van der Waals surface area contributed by atoms with Gasteiger partial charge < -0.3 is 15.4 Å². The molecule has 1 N–H and O–H groups in total. The summed E-state index contributed by atoms with van der Waals surface area (Å²) in [4.78, 5) is 32.9. The van der Waals surface area contributed by atoms with E-state index in [2.05, 4.69) is 10.4 Å². The molecule has 27 heavy (non-hydrogen) atoms. The Morgan fingerprint density at radius 1 is 1.22 bits per heavy atom. The van der Waals surface area contributed by atoms with Gasteiger partial charge in [-0.15, -0.1) is 11.3 Å². The fourth-order valence-electron chi connectivity index (χ4n) is 2.20. The zero-order chi connectivity index (χ0) is 19.6. The number of carbonyl (C=O) groups is 1. The number of aromatic nitrogens is 2. The lowest BCUT2D eigenvalue weighted by Gasteiger charge is -2.05. The lowest BCUT2D eigenvalue weighted by Crippen LogP contribution is -2.10. The van der Waals surface area contributed by atoms with Gasteiger partial charge in [0, 0.05) is 12.1 Å². The van der Waals surface area contributed by atoms with E-state index in [0.717, 1.165) is 11.6 Å². The second-order valence-corrected chi connectivity index (χ2v) is 6.64. The summed E-state index contributed by atoms with van der Waals surface area (Å²) in [5.41, 5.74) is 0.826. The average Bonchev–Trinajstić information content (AvgIpc) is 3.26. The monoisotopic (exact) mass is 407 g/mol. The van der Waals surface area contributed by atoms with Crippen LogP contribution in [0.5, 0.6) is 0 Å². The molecule has 1 aromatic carbocycles. The second kappa shape index (κ2) is 7.51. The summed E-state index contributed by atoms with van der Waals surface area (Å²) >= 11 is 7.15. The largest absolute Gasteiger partial charge is 0.389 e. The molecular weight excluding hydrogens is 398 g/mol. The Morgan fingerprint density at radius 3 is 2.63 bits per heavy atom. The van der Waals surface area contributed by atoms with Crippen LogP contribution in [-0.2, 0) is 6.54 Å². The number of nitro benzene ring substituents is 1. The predicted molar refractivity (Wildman–Crippen MR) is 98.4 cm³/mol. The van der Waals surface area contributed by atoms with Crippen molar-refractivity contribution in [2.75, 3.05) is 5.32 Å². The highest BCUT2D eigenvalue weighted by Gasteiger charge is 2.16. The summed E-state index contributed by atoms with van der Waals surface area (Å²) in [7, 11) is 0. The standard InChI is InChI=1S/C15H10ClN5O5S/c16-11-6-10(20(23)24)1-2-12(11)17-15(22)13-5-9(8-27-13)7-19-4-3-14(18-19)21(25)26/h1-6,8H,7H2,(H,17,22). The molecule has 0 saturated carbocycles. The Bertz CT molecular complexity index is 1050. The number of hydrogen-bond acceptors (Lipinski definition) is 7. The van der Waals surface area contributed by atoms with Crippen LogP contribution in [0.4, 0.5) is 17.2 Å². The normalized spacial score (nSPS) is 10.6. The molecule has 138 valence electrons. The van der Waals surface area contributed by atoms with Crippen LogP contribution in [0.25, 0.3) is 0 Å². The molecule has 3 aromatic rings. The van der Waals surface area contributed by atoms with Crippen molar-refractivity contribution in [2.24, 2.45) is 0 Å². The Hall–Kier alpha value is -3.31. The first kappa shape index (κ1) is 18.5. The molecule has 12 heteroatoms. The van der Waals surface area contributed by atoms with E-state index in [-0.39, 0.29) is 28.8 Å². The smallest absolute Gasteiger partial charge is 0.358 e. The third-order valence-electron chi connectivity index (χ3n) is 3.45. The molecule has 3 rings (SSSR count). The van der Waals surface area contributed by atoms with Crippen LogP contribution in [-0.4, -0.2) is 25.5 Å². The first-order valence-electron chi connectivity index (χ1n) is 7.34. The number of halogens is 1. The molecule has 0 aliphatic rings. The number of rotatable bonds is 6. The minimum Gasteiger partial charge on any atom is -0.358 e. The summed E-state index contributed by atoms with van der Waals surface area (Å²) < 4.78 is 1.40. The molecule has 0 bridgehead atoms. The van der Waals surface area contributed by atoms with E-state index in [1.807, 2.05) is 0 Å². The van der Waals surface area contributed by atoms with Gasteiger partial charge in [0.25, 0.3) is 11.6 Å². The van der Waals surface area contributed by atoms with Gasteiger partial charge >= 0.3 is 5.82 Å². The van der Waals surface area contributed by atoms with Crippen LogP contribution < -0.4 is 5.32 Å². The SMILES string of the molecule is O=C(Nc1ccc([N+](=O)[O-])cc1Cl)c1cc(Cn2ccc([N+](=O)[O-])n2)cs1. The highest BCUT2D eigenvalue weighted by molar-refractivity contribution is 7.12. The summed E-state index contributed by atoms with van der Waals surface area (Å²) in [5, 5.41) is 29.6. The molecule has 10 nitrogen and oxygen atoms in total. The van der Waals surface area contributed by atoms with Crippen molar-refractivity contribution in [1.29, 1.82) is 0 Å². The maximum Gasteiger partial charge on any atom is 0.389 e. The van der Waals surface area contributed by atoms with Gasteiger partial charge in [-0.25, -0.2) is 0 Å². The van der Waals surface area contributed by atoms with E-state index >= 15 is 0 Å². The van der Waals surface area contributed by atoms with E-state index in [1.54, 1.807) is 11.4 Å². The third-order valence-corrected chi connectivity index (χ3v) is 4.74. The van der Waals surface area contributed by atoms with Crippen LogP contribution in [0.3, 0.4) is 0 Å². The van der Waals surface area contributed by atoms with Gasteiger partial charge in [-0.05, 0) is 28.0 Å². The second-order valence-electron chi connectivity index (χ2n) is 5.32. The third kappa shape index (κ3) is 4.27. The fourth-order valence-corrected chi connectivity index (χ4v) is 3.22. The fraction of sp³-hybridized carbons (Fsp3) is 0.0667. The van der Waals surface area contributed by atoms with Crippen molar-refractivity contribution in [3.63, 3.8) is 0 Å². The van der Waals surface area contributed by atoms with Crippen molar-refractivity contribution in [2.45, 2.75) is 6.54 Å². The van der Waals surface area contributed by atoms with Gasteiger partial charge in [-0.2, -0.15) is 4.68 Å². The first-order chi connectivity index (χ1) is 12.8. The lowest BCUT2D eigenvalue weighted by molar-refractivity contribution is -0.389. The average molecular weight is 408 g/mol. The Kier molecular flexibility index (Phi) is 5.14. The number of amides is 1. The molecule has 0 fully saturated rings. The Balaban J connectivity index is 1.69.